The lowest BCUT2D eigenvalue weighted by Crippen LogP contribution is -2.61. The van der Waals surface area contributed by atoms with Crippen molar-refractivity contribution in [2.45, 2.75) is 62.0 Å². The highest BCUT2D eigenvalue weighted by Crippen LogP contribution is 2.49. The maximum absolute atomic E-state index is 12.3. The topological polar surface area (TPSA) is 181 Å². The van der Waals surface area contributed by atoms with Crippen molar-refractivity contribution in [2.75, 3.05) is 13.7 Å². The summed E-state index contributed by atoms with van der Waals surface area (Å²) in [5.74, 6) is -3.29. The number of carbonyl (C=O) groups excluding carboxylic acids is 2. The number of carbonyl (C=O) groups is 2. The minimum absolute atomic E-state index is 0.0129. The number of aliphatic hydroxyl groups excluding tert-OH is 4. The molecule has 12 nitrogen and oxygen atoms in total. The average Bonchev–Trinajstić information content (AvgIpc) is 3.12. The van der Waals surface area contributed by atoms with E-state index in [-0.39, 0.29) is 17.6 Å². The third-order valence-corrected chi connectivity index (χ3v) is 6.87. The van der Waals surface area contributed by atoms with Gasteiger partial charge in [-0.1, -0.05) is 18.2 Å². The zero-order valence-corrected chi connectivity index (χ0v) is 19.7. The number of fused-ring (bicyclic) bond motifs is 1. The van der Waals surface area contributed by atoms with Crippen molar-refractivity contribution in [2.24, 2.45) is 11.8 Å². The van der Waals surface area contributed by atoms with Crippen molar-refractivity contribution < 1.29 is 58.8 Å². The number of hydrogen-bond donors (Lipinski definition) is 5. The predicted octanol–water partition coefficient (Wildman–Crippen LogP) is -1.17. The number of aliphatic hydroxyl groups is 5. The molecular weight excluding hydrogens is 480 g/mol. The lowest BCUT2D eigenvalue weighted by molar-refractivity contribution is -0.346. The summed E-state index contributed by atoms with van der Waals surface area (Å²) in [6, 6.07) is 8.11. The number of methoxy groups -OCH3 is 1. The Morgan fingerprint density at radius 3 is 2.39 bits per heavy atom. The highest BCUT2D eigenvalue weighted by atomic mass is 16.8. The Kier molecular flexibility index (Phi) is 7.67. The number of ether oxygens (including phenoxy) is 5. The van der Waals surface area contributed by atoms with Gasteiger partial charge in [0.1, 0.15) is 31.0 Å². The average molecular weight is 510 g/mol. The van der Waals surface area contributed by atoms with Crippen LogP contribution in [0.15, 0.2) is 42.2 Å². The Balaban J connectivity index is 1.49. The van der Waals surface area contributed by atoms with Crippen LogP contribution in [-0.2, 0) is 28.5 Å². The molecule has 1 saturated carbocycles. The molecule has 0 bridgehead atoms. The Morgan fingerprint density at radius 2 is 1.72 bits per heavy atom. The van der Waals surface area contributed by atoms with Crippen molar-refractivity contribution in [3.05, 3.63) is 47.7 Å². The Bertz CT molecular complexity index is 979. The van der Waals surface area contributed by atoms with Gasteiger partial charge in [-0.2, -0.15) is 0 Å². The van der Waals surface area contributed by atoms with E-state index in [1.54, 1.807) is 30.3 Å². The highest BCUT2D eigenvalue weighted by Gasteiger charge is 2.59. The maximum Gasteiger partial charge on any atom is 0.338 e. The van der Waals surface area contributed by atoms with E-state index >= 15 is 0 Å². The van der Waals surface area contributed by atoms with E-state index in [1.165, 1.54) is 14.0 Å². The van der Waals surface area contributed by atoms with E-state index in [0.717, 1.165) is 6.26 Å². The largest absolute Gasteiger partial charge is 0.471 e. The van der Waals surface area contributed by atoms with Gasteiger partial charge in [0.2, 0.25) is 6.29 Å². The normalized spacial score (nSPS) is 40.0. The molecule has 0 radical (unpaired) electrons. The molecule has 12 heteroatoms. The molecule has 4 rings (SSSR count). The summed E-state index contributed by atoms with van der Waals surface area (Å²) in [5, 5.41) is 52.7. The van der Waals surface area contributed by atoms with Gasteiger partial charge in [0, 0.05) is 12.3 Å². The molecule has 36 heavy (non-hydrogen) atoms. The summed E-state index contributed by atoms with van der Waals surface area (Å²) in [7, 11) is 1.17. The van der Waals surface area contributed by atoms with Crippen LogP contribution in [0, 0.1) is 11.8 Å². The van der Waals surface area contributed by atoms with Crippen molar-refractivity contribution >= 4 is 11.9 Å². The molecule has 5 N–H and O–H groups in total. The molecule has 10 unspecified atom stereocenters. The van der Waals surface area contributed by atoms with Gasteiger partial charge in [-0.25, -0.2) is 9.59 Å². The van der Waals surface area contributed by atoms with Gasteiger partial charge in [0.15, 0.2) is 6.29 Å². The van der Waals surface area contributed by atoms with Crippen LogP contribution in [0.25, 0.3) is 0 Å². The number of rotatable bonds is 6. The summed E-state index contributed by atoms with van der Waals surface area (Å²) < 4.78 is 26.9. The smallest absolute Gasteiger partial charge is 0.338 e. The van der Waals surface area contributed by atoms with E-state index in [4.69, 9.17) is 23.7 Å². The van der Waals surface area contributed by atoms with Gasteiger partial charge in [0.25, 0.3) is 0 Å². The molecule has 2 aliphatic heterocycles. The second-order valence-corrected chi connectivity index (χ2v) is 9.36. The first kappa shape index (κ1) is 26.5. The third-order valence-electron chi connectivity index (χ3n) is 6.87. The van der Waals surface area contributed by atoms with Gasteiger partial charge in [-0.05, 0) is 19.1 Å². The molecule has 0 spiro atoms. The molecule has 1 aliphatic carbocycles. The molecule has 2 fully saturated rings. The van der Waals surface area contributed by atoms with E-state index in [2.05, 4.69) is 0 Å². The molecule has 198 valence electrons. The Hall–Kier alpha value is -2.58. The zero-order chi connectivity index (χ0) is 26.2. The monoisotopic (exact) mass is 510 g/mol. The van der Waals surface area contributed by atoms with Crippen molar-refractivity contribution in [3.63, 3.8) is 0 Å². The second-order valence-electron chi connectivity index (χ2n) is 9.36. The molecule has 3 aliphatic rings. The molecule has 1 saturated heterocycles. The van der Waals surface area contributed by atoms with Crippen molar-refractivity contribution in [1.82, 2.24) is 0 Å². The standard InChI is InChI=1S/C24H30O12/c1-24(31)8-13(25)15-12(21(30)32-2)9-34-22(16(15)24)36-23-19(28)18(27)17(26)14(35-23)10-33-20(29)11-6-4-3-5-7-11/h3-7,9,13-19,22-23,25-28,31H,8,10H2,1-2H3. The van der Waals surface area contributed by atoms with Crippen molar-refractivity contribution in [1.29, 1.82) is 0 Å². The lowest BCUT2D eigenvalue weighted by atomic mass is 9.80. The SMILES string of the molecule is COC(=O)C1=COC(OC2OC(COC(=O)c3ccccc3)C(O)C(O)C2O)C2C1C(O)CC2(C)O. The van der Waals surface area contributed by atoms with Crippen LogP contribution in [0.5, 0.6) is 0 Å². The molecule has 1 aromatic carbocycles. The summed E-state index contributed by atoms with van der Waals surface area (Å²) in [6.45, 7) is 0.988. The van der Waals surface area contributed by atoms with Gasteiger partial charge in [0.05, 0.1) is 42.1 Å². The fourth-order valence-electron chi connectivity index (χ4n) is 5.01. The lowest BCUT2D eigenvalue weighted by Gasteiger charge is -2.44. The van der Waals surface area contributed by atoms with Crippen LogP contribution in [0.4, 0.5) is 0 Å². The minimum Gasteiger partial charge on any atom is -0.471 e. The Labute approximate surface area is 206 Å². The molecule has 0 amide bonds. The summed E-state index contributed by atoms with van der Waals surface area (Å²) in [6.07, 6.45) is -9.36. The molecule has 1 aromatic rings. The first-order valence-electron chi connectivity index (χ1n) is 11.5. The van der Waals surface area contributed by atoms with Crippen LogP contribution in [-0.4, -0.2) is 99.9 Å². The van der Waals surface area contributed by atoms with E-state index in [1.807, 2.05) is 0 Å². The van der Waals surface area contributed by atoms with Crippen LogP contribution in [0.3, 0.4) is 0 Å². The van der Waals surface area contributed by atoms with E-state index in [0.29, 0.717) is 0 Å². The van der Waals surface area contributed by atoms with Gasteiger partial charge in [-0.3, -0.25) is 0 Å². The first-order valence-corrected chi connectivity index (χ1v) is 11.5. The fraction of sp³-hybridized carbons (Fsp3) is 0.583. The number of esters is 2. The number of hydrogen-bond acceptors (Lipinski definition) is 12. The van der Waals surface area contributed by atoms with Crippen LogP contribution in [0.1, 0.15) is 23.7 Å². The molecular formula is C24H30O12. The van der Waals surface area contributed by atoms with E-state index < -0.39 is 79.1 Å². The second kappa shape index (κ2) is 10.4. The van der Waals surface area contributed by atoms with E-state index in [9.17, 15) is 35.1 Å². The zero-order valence-electron chi connectivity index (χ0n) is 19.7. The molecule has 10 atom stereocenters. The van der Waals surface area contributed by atoms with Gasteiger partial charge < -0.3 is 49.2 Å². The quantitative estimate of drug-likeness (QED) is 0.290. The number of benzene rings is 1. The third kappa shape index (κ3) is 4.98. The minimum atomic E-state index is -1.73. The van der Waals surface area contributed by atoms with Crippen molar-refractivity contribution in [3.8, 4) is 0 Å². The maximum atomic E-state index is 12.3. The molecule has 2 heterocycles. The Morgan fingerprint density at radius 1 is 1.03 bits per heavy atom. The fourth-order valence-corrected chi connectivity index (χ4v) is 5.01. The summed E-state index contributed by atoms with van der Waals surface area (Å²) >= 11 is 0. The van der Waals surface area contributed by atoms with Gasteiger partial charge in [-0.15, -0.1) is 0 Å². The highest BCUT2D eigenvalue weighted by molar-refractivity contribution is 5.89. The predicted molar refractivity (Wildman–Crippen MR) is 118 cm³/mol. The summed E-state index contributed by atoms with van der Waals surface area (Å²) in [4.78, 5) is 24.5. The van der Waals surface area contributed by atoms with Crippen LogP contribution >= 0.6 is 0 Å². The molecule has 0 aromatic heterocycles. The first-order chi connectivity index (χ1) is 17.0. The van der Waals surface area contributed by atoms with Crippen LogP contribution < -0.4 is 0 Å². The van der Waals surface area contributed by atoms with Gasteiger partial charge >= 0.3 is 11.9 Å². The summed E-state index contributed by atoms with van der Waals surface area (Å²) in [5.41, 5.74) is -1.25. The van der Waals surface area contributed by atoms with Crippen LogP contribution in [0.2, 0.25) is 0 Å².